The third kappa shape index (κ3) is 5.88. The number of nitrogens with zero attached hydrogens (tertiary/aromatic N) is 1. The van der Waals surface area contributed by atoms with Crippen molar-refractivity contribution in [1.29, 1.82) is 0 Å². The van der Waals surface area contributed by atoms with Crippen molar-refractivity contribution in [1.82, 2.24) is 0 Å². The Morgan fingerprint density at radius 3 is 2.32 bits per heavy atom. The van der Waals surface area contributed by atoms with Gasteiger partial charge in [-0.3, -0.25) is 0 Å². The van der Waals surface area contributed by atoms with E-state index < -0.39 is 0 Å². The summed E-state index contributed by atoms with van der Waals surface area (Å²) in [6, 6.07) is 14.3. The zero-order valence-electron chi connectivity index (χ0n) is 19.5. The topological polar surface area (TPSA) is 44.4 Å². The Bertz CT molecular complexity index is 896. The van der Waals surface area contributed by atoms with E-state index in [4.69, 9.17) is 0 Å². The van der Waals surface area contributed by atoms with E-state index in [-0.39, 0.29) is 11.4 Å². The van der Waals surface area contributed by atoms with Gasteiger partial charge in [-0.1, -0.05) is 66.7 Å². The van der Waals surface area contributed by atoms with Gasteiger partial charge >= 0.3 is 6.03 Å². The van der Waals surface area contributed by atoms with E-state index in [0.29, 0.717) is 12.0 Å². The maximum Gasteiger partial charge on any atom is 0.323 e. The molecule has 1 aliphatic rings. The first-order valence-electron chi connectivity index (χ1n) is 11.4. The highest BCUT2D eigenvalue weighted by Gasteiger charge is 2.36. The number of benzene rings is 2. The van der Waals surface area contributed by atoms with Crippen LogP contribution in [0.5, 0.6) is 0 Å². The third-order valence-electron chi connectivity index (χ3n) is 6.75. The summed E-state index contributed by atoms with van der Waals surface area (Å²) in [5.74, 6) is 0.465. The molecule has 1 fully saturated rings. The average molecular weight is 482 g/mol. The lowest BCUT2D eigenvalue weighted by Crippen LogP contribution is -2.59. The highest BCUT2D eigenvalue weighted by molar-refractivity contribution is 9.10. The minimum atomic E-state index is -0.228. The highest BCUT2D eigenvalue weighted by atomic mass is 79.9. The minimum absolute atomic E-state index is 0.0420. The van der Waals surface area contributed by atoms with Crippen LogP contribution in [0.15, 0.2) is 46.9 Å². The normalized spacial score (nSPS) is 15.0. The predicted molar refractivity (Wildman–Crippen MR) is 142 cm³/mol. The van der Waals surface area contributed by atoms with E-state index in [2.05, 4.69) is 73.1 Å². The van der Waals surface area contributed by atoms with Crippen LogP contribution in [0.4, 0.5) is 21.9 Å². The van der Waals surface area contributed by atoms with Gasteiger partial charge < -0.3 is 15.5 Å². The van der Waals surface area contributed by atoms with E-state index in [9.17, 15) is 4.79 Å². The molecule has 0 heterocycles. The van der Waals surface area contributed by atoms with Crippen LogP contribution in [-0.2, 0) is 0 Å². The summed E-state index contributed by atoms with van der Waals surface area (Å²) in [7, 11) is 4.65. The lowest BCUT2D eigenvalue weighted by atomic mass is 9.54. The number of anilines is 3. The fraction of sp³-hybridized carbons (Fsp3) is 0.458. The Morgan fingerprint density at radius 1 is 1.06 bits per heavy atom. The Hall–Kier alpha value is -1.88. The second-order valence-electron chi connectivity index (χ2n) is 9.58. The second-order valence-corrected chi connectivity index (χ2v) is 10.5. The summed E-state index contributed by atoms with van der Waals surface area (Å²) < 4.78 is 0.952. The van der Waals surface area contributed by atoms with Crippen molar-refractivity contribution < 1.29 is 4.79 Å². The number of halogens is 1. The molecule has 2 aromatic carbocycles. The summed E-state index contributed by atoms with van der Waals surface area (Å²) in [6.45, 7) is 6.60. The number of amides is 2. The molecule has 31 heavy (non-hydrogen) atoms. The summed E-state index contributed by atoms with van der Waals surface area (Å²) in [4.78, 5) is 15.4. The van der Waals surface area contributed by atoms with Crippen LogP contribution in [0.1, 0.15) is 51.5 Å². The van der Waals surface area contributed by atoms with Crippen LogP contribution in [0.25, 0.3) is 0 Å². The smallest absolute Gasteiger partial charge is 0.323 e. The molecule has 2 amide bonds. The van der Waals surface area contributed by atoms with Crippen molar-refractivity contribution >= 4 is 54.7 Å². The third-order valence-corrected chi connectivity index (χ3v) is 7.24. The summed E-state index contributed by atoms with van der Waals surface area (Å²) in [6.07, 6.45) is 6.24. The summed E-state index contributed by atoms with van der Waals surface area (Å²) in [5, 5.41) is 6.04. The first kappa shape index (κ1) is 23.8. The molecule has 0 aliphatic heterocycles. The number of urea groups is 1. The van der Waals surface area contributed by atoms with Gasteiger partial charge in [0.05, 0.1) is 11.4 Å². The summed E-state index contributed by atoms with van der Waals surface area (Å²) >= 11 is 3.60. The fourth-order valence-corrected chi connectivity index (χ4v) is 4.70. The minimum Gasteiger partial charge on any atom is -0.377 e. The molecule has 7 heteroatoms. The number of rotatable bonds is 6. The van der Waals surface area contributed by atoms with E-state index >= 15 is 0 Å². The van der Waals surface area contributed by atoms with E-state index in [1.165, 1.54) is 37.7 Å². The van der Waals surface area contributed by atoms with Gasteiger partial charge in [-0.15, -0.1) is 0 Å². The molecule has 2 aromatic rings. The molecule has 3 rings (SSSR count). The molecule has 0 unspecified atom stereocenters. The zero-order chi connectivity index (χ0) is 22.6. The molecule has 0 atom stereocenters. The van der Waals surface area contributed by atoms with Gasteiger partial charge in [0.2, 0.25) is 0 Å². The summed E-state index contributed by atoms with van der Waals surface area (Å²) in [5.41, 5.74) is 3.87. The molecule has 0 saturated heterocycles. The van der Waals surface area contributed by atoms with Crippen LogP contribution in [-0.4, -0.2) is 33.1 Å². The molecular weight excluding hydrogens is 448 g/mol. The largest absolute Gasteiger partial charge is 0.377 e. The van der Waals surface area contributed by atoms with Gasteiger partial charge in [0.1, 0.15) is 15.7 Å². The van der Waals surface area contributed by atoms with Crippen LogP contribution in [0, 0.1) is 12.8 Å². The molecule has 4 nitrogen and oxygen atoms in total. The Kier molecular flexibility index (Phi) is 7.79. The van der Waals surface area contributed by atoms with Crippen LogP contribution < -0.4 is 15.5 Å². The van der Waals surface area contributed by atoms with Gasteiger partial charge in [-0.2, -0.15) is 0 Å². The van der Waals surface area contributed by atoms with Crippen molar-refractivity contribution in [2.45, 2.75) is 64.3 Å². The van der Waals surface area contributed by atoms with Crippen molar-refractivity contribution in [3.05, 3.63) is 52.5 Å². The first-order chi connectivity index (χ1) is 14.7. The monoisotopic (exact) mass is 481 g/mol. The quantitative estimate of drug-likeness (QED) is 0.562. The number of hydrogen-bond acceptors (Lipinski definition) is 2. The Morgan fingerprint density at radius 2 is 1.71 bits per heavy atom. The van der Waals surface area contributed by atoms with Gasteiger partial charge in [-0.25, -0.2) is 4.79 Å². The van der Waals surface area contributed by atoms with Gasteiger partial charge in [0.25, 0.3) is 0 Å². The molecule has 1 aliphatic carbocycles. The van der Waals surface area contributed by atoms with E-state index in [1.807, 2.05) is 37.3 Å². The Labute approximate surface area is 197 Å². The number of carbonyl (C=O) groups is 1. The number of hydrogen-bond donors (Lipinski definition) is 2. The Balaban J connectivity index is 1.93. The predicted octanol–water partition coefficient (Wildman–Crippen LogP) is 5.12. The molecule has 0 aromatic heterocycles. The molecule has 0 bridgehead atoms. The molecule has 164 valence electrons. The standard InChI is InChI=1S/C24H34B2BrN3O/c1-16(2)24(25,26)30(20-7-5-4-6-8-20)22-14-11-18(27)15-21(22)29-23(31)28-19-12-9-17(3)10-13-19/h9-16,20H,4-8,25-26H2,1-3H3,(H2,28,29,31). The van der Waals surface area contributed by atoms with Crippen LogP contribution in [0.2, 0.25) is 0 Å². The van der Waals surface area contributed by atoms with Gasteiger partial charge in [0.15, 0.2) is 0 Å². The van der Waals surface area contributed by atoms with Crippen molar-refractivity contribution in [2.75, 3.05) is 15.5 Å². The SMILES string of the molecule is BC(B)(C(C)C)N(c1ccc(Br)cc1NC(=O)Nc1ccc(C)cc1)C1CCCCC1. The molecule has 0 spiro atoms. The van der Waals surface area contributed by atoms with Crippen molar-refractivity contribution in [3.8, 4) is 0 Å². The average Bonchev–Trinajstić information content (AvgIpc) is 2.72. The van der Waals surface area contributed by atoms with Gasteiger partial charge in [0, 0.05) is 16.2 Å². The first-order valence-corrected chi connectivity index (χ1v) is 12.2. The van der Waals surface area contributed by atoms with Crippen molar-refractivity contribution in [3.63, 3.8) is 0 Å². The number of carbonyl (C=O) groups excluding carboxylic acids is 1. The van der Waals surface area contributed by atoms with Gasteiger partial charge in [-0.05, 0) is 61.4 Å². The fourth-order valence-electron chi connectivity index (χ4n) is 4.34. The maximum absolute atomic E-state index is 12.9. The van der Waals surface area contributed by atoms with Crippen LogP contribution >= 0.6 is 15.9 Å². The molecule has 1 saturated carbocycles. The van der Waals surface area contributed by atoms with Crippen molar-refractivity contribution in [2.24, 2.45) is 5.92 Å². The number of aryl methyl sites for hydroxylation is 1. The second kappa shape index (κ2) is 10.2. The lowest BCUT2D eigenvalue weighted by molar-refractivity contribution is 0.262. The zero-order valence-corrected chi connectivity index (χ0v) is 21.1. The van der Waals surface area contributed by atoms with E-state index in [1.54, 1.807) is 0 Å². The molecule has 0 radical (unpaired) electrons. The molecular formula is C24H34B2BrN3O. The molecule has 2 N–H and O–H groups in total. The highest BCUT2D eigenvalue weighted by Crippen LogP contribution is 2.39. The maximum atomic E-state index is 12.9. The van der Waals surface area contributed by atoms with Crippen LogP contribution in [0.3, 0.4) is 0 Å². The number of nitrogens with one attached hydrogen (secondary N) is 2. The van der Waals surface area contributed by atoms with E-state index in [0.717, 1.165) is 21.5 Å². The lowest BCUT2D eigenvalue weighted by Gasteiger charge is -2.50.